The first-order valence-corrected chi connectivity index (χ1v) is 12.8. The van der Waals surface area contributed by atoms with Crippen LogP contribution in [0, 0.1) is 11.7 Å². The maximum absolute atomic E-state index is 13.5. The lowest BCUT2D eigenvalue weighted by Gasteiger charge is -2.37. The fourth-order valence-corrected chi connectivity index (χ4v) is 5.51. The van der Waals surface area contributed by atoms with Gasteiger partial charge in [0.2, 0.25) is 0 Å². The Balaban J connectivity index is 1.19. The summed E-state index contributed by atoms with van der Waals surface area (Å²) in [6, 6.07) is 29.1. The maximum Gasteiger partial charge on any atom is 0.128 e. The molecule has 0 spiro atoms. The van der Waals surface area contributed by atoms with E-state index in [0.29, 0.717) is 22.6 Å². The quantitative estimate of drug-likeness (QED) is 0.209. The molecule has 6 rings (SSSR count). The largest absolute Gasteiger partial charge is 0.488 e. The SMILES string of the molecule is Fc1cccc(COc2ccc(Cl)cc2C=Nc2ccc([C@@H]3Nc4ccccc4[C@H]4C=CC[C@@H]43)cc2)c1. The third kappa shape index (κ3) is 5.03. The first-order chi connectivity index (χ1) is 18.1. The minimum Gasteiger partial charge on any atom is -0.488 e. The van der Waals surface area contributed by atoms with Crippen LogP contribution in [-0.2, 0) is 6.61 Å². The number of ether oxygens (including phenoxy) is 1. The Morgan fingerprint density at radius 2 is 1.84 bits per heavy atom. The van der Waals surface area contributed by atoms with Gasteiger partial charge in [-0.05, 0) is 77.6 Å². The van der Waals surface area contributed by atoms with Gasteiger partial charge < -0.3 is 10.1 Å². The maximum atomic E-state index is 13.5. The Morgan fingerprint density at radius 3 is 2.70 bits per heavy atom. The van der Waals surface area contributed by atoms with Crippen LogP contribution in [0.4, 0.5) is 15.8 Å². The molecule has 5 heteroatoms. The summed E-state index contributed by atoms with van der Waals surface area (Å²) in [6.07, 6.45) is 7.50. The van der Waals surface area contributed by atoms with E-state index in [1.54, 1.807) is 18.3 Å². The van der Waals surface area contributed by atoms with Crippen molar-refractivity contribution in [3.8, 4) is 5.75 Å². The summed E-state index contributed by atoms with van der Waals surface area (Å²) in [4.78, 5) is 4.68. The standard InChI is InChI=1S/C32H26ClFN2O/c33-24-13-16-31(37-20-21-5-3-6-25(34)17-21)23(18-24)19-35-26-14-11-22(12-15-26)32-29-9-4-8-27(29)28-7-1-2-10-30(28)36-32/h1-8,10-19,27,29,32,36H,9,20H2/t27-,29+,32+/m1/s1. The molecule has 3 nitrogen and oxygen atoms in total. The first-order valence-electron chi connectivity index (χ1n) is 12.5. The molecule has 0 radical (unpaired) electrons. The highest BCUT2D eigenvalue weighted by molar-refractivity contribution is 6.30. The van der Waals surface area contributed by atoms with Crippen LogP contribution in [0.25, 0.3) is 0 Å². The molecule has 0 unspecified atom stereocenters. The normalized spacial score (nSPS) is 19.9. The molecule has 184 valence electrons. The van der Waals surface area contributed by atoms with E-state index >= 15 is 0 Å². The minimum atomic E-state index is -0.283. The fourth-order valence-electron chi connectivity index (χ4n) is 5.32. The molecular weight excluding hydrogens is 483 g/mol. The van der Waals surface area contributed by atoms with E-state index in [4.69, 9.17) is 16.3 Å². The Bertz CT molecular complexity index is 1480. The number of anilines is 1. The van der Waals surface area contributed by atoms with E-state index < -0.39 is 0 Å². The van der Waals surface area contributed by atoms with Crippen LogP contribution in [0.3, 0.4) is 0 Å². The number of halogens is 2. The van der Waals surface area contributed by atoms with E-state index in [1.807, 2.05) is 30.3 Å². The lowest BCUT2D eigenvalue weighted by Crippen LogP contribution is -2.28. The van der Waals surface area contributed by atoms with E-state index in [0.717, 1.165) is 23.2 Å². The minimum absolute atomic E-state index is 0.253. The number of allylic oxidation sites excluding steroid dienone is 2. The second kappa shape index (κ2) is 10.2. The number of rotatable bonds is 6. The predicted octanol–water partition coefficient (Wildman–Crippen LogP) is 8.64. The van der Waals surface area contributed by atoms with Crippen LogP contribution in [-0.4, -0.2) is 6.21 Å². The molecule has 2 aliphatic rings. The van der Waals surface area contributed by atoms with Crippen LogP contribution in [0.5, 0.6) is 5.75 Å². The average molecular weight is 509 g/mol. The number of aliphatic imine (C=N–C) groups is 1. The lowest BCUT2D eigenvalue weighted by atomic mass is 9.77. The number of benzene rings is 4. The molecular formula is C32H26ClFN2O. The smallest absolute Gasteiger partial charge is 0.128 e. The monoisotopic (exact) mass is 508 g/mol. The van der Waals surface area contributed by atoms with Crippen molar-refractivity contribution in [3.05, 3.63) is 136 Å². The lowest BCUT2D eigenvalue weighted by molar-refractivity contribution is 0.305. The Hall–Kier alpha value is -3.89. The topological polar surface area (TPSA) is 33.6 Å². The summed E-state index contributed by atoms with van der Waals surface area (Å²) in [6.45, 7) is 0.253. The highest BCUT2D eigenvalue weighted by atomic mass is 35.5. The zero-order chi connectivity index (χ0) is 25.2. The molecule has 3 atom stereocenters. The Morgan fingerprint density at radius 1 is 0.973 bits per heavy atom. The zero-order valence-corrected chi connectivity index (χ0v) is 20.9. The molecule has 1 aliphatic heterocycles. The van der Waals surface area contributed by atoms with Crippen LogP contribution in [0.2, 0.25) is 5.02 Å². The summed E-state index contributed by atoms with van der Waals surface area (Å²) in [5.74, 6) is 1.32. The molecule has 0 amide bonds. The van der Waals surface area contributed by atoms with E-state index in [9.17, 15) is 4.39 Å². The first kappa shape index (κ1) is 23.5. The van der Waals surface area contributed by atoms with Crippen LogP contribution in [0.1, 0.15) is 40.6 Å². The molecule has 0 aromatic heterocycles. The Labute approximate surface area is 221 Å². The summed E-state index contributed by atoms with van der Waals surface area (Å²) < 4.78 is 19.5. The van der Waals surface area contributed by atoms with E-state index in [1.165, 1.54) is 28.9 Å². The highest BCUT2D eigenvalue weighted by Crippen LogP contribution is 2.49. The van der Waals surface area contributed by atoms with Gasteiger partial charge in [-0.15, -0.1) is 0 Å². The van der Waals surface area contributed by atoms with Crippen molar-refractivity contribution in [2.75, 3.05) is 5.32 Å². The van der Waals surface area contributed by atoms with E-state index in [2.05, 4.69) is 58.9 Å². The van der Waals surface area contributed by atoms with Crippen molar-refractivity contribution in [1.29, 1.82) is 0 Å². The third-order valence-corrected chi connectivity index (χ3v) is 7.37. The van der Waals surface area contributed by atoms with Crippen LogP contribution < -0.4 is 10.1 Å². The van der Waals surface area contributed by atoms with Gasteiger partial charge in [-0.2, -0.15) is 0 Å². The fraction of sp³-hybridized carbons (Fsp3) is 0.156. The third-order valence-electron chi connectivity index (χ3n) is 7.13. The summed E-state index contributed by atoms with van der Waals surface area (Å²) >= 11 is 6.24. The van der Waals surface area contributed by atoms with Gasteiger partial charge in [-0.1, -0.05) is 66.2 Å². The molecule has 0 saturated heterocycles. The molecule has 1 N–H and O–H groups in total. The Kier molecular flexibility index (Phi) is 6.50. The highest BCUT2D eigenvalue weighted by Gasteiger charge is 2.37. The predicted molar refractivity (Wildman–Crippen MR) is 149 cm³/mol. The van der Waals surface area contributed by atoms with Crippen molar-refractivity contribution in [2.24, 2.45) is 10.9 Å². The van der Waals surface area contributed by atoms with Gasteiger partial charge in [-0.3, -0.25) is 4.99 Å². The van der Waals surface area contributed by atoms with Crippen LogP contribution >= 0.6 is 11.6 Å². The van der Waals surface area contributed by atoms with Crippen molar-refractivity contribution in [1.82, 2.24) is 0 Å². The van der Waals surface area contributed by atoms with Gasteiger partial charge in [0.1, 0.15) is 18.2 Å². The molecule has 1 aliphatic carbocycles. The molecule has 4 aromatic carbocycles. The molecule has 0 fully saturated rings. The van der Waals surface area contributed by atoms with Gasteiger partial charge >= 0.3 is 0 Å². The number of hydrogen-bond acceptors (Lipinski definition) is 3. The van der Waals surface area contributed by atoms with Gasteiger partial charge in [0.25, 0.3) is 0 Å². The summed E-state index contributed by atoms with van der Waals surface area (Å²) in [5, 5.41) is 4.37. The van der Waals surface area contributed by atoms with Gasteiger partial charge in [0.05, 0.1) is 11.7 Å². The number of nitrogens with one attached hydrogen (secondary N) is 1. The number of para-hydroxylation sites is 1. The molecule has 1 heterocycles. The second-order valence-corrected chi connectivity index (χ2v) is 9.95. The average Bonchev–Trinajstić information content (AvgIpc) is 3.42. The van der Waals surface area contributed by atoms with Crippen LogP contribution in [0.15, 0.2) is 108 Å². The molecule has 37 heavy (non-hydrogen) atoms. The molecule has 0 saturated carbocycles. The number of nitrogens with zero attached hydrogens (tertiary/aromatic N) is 1. The molecule has 0 bridgehead atoms. The van der Waals surface area contributed by atoms with Crippen molar-refractivity contribution in [2.45, 2.75) is 25.0 Å². The van der Waals surface area contributed by atoms with Gasteiger partial charge in [0, 0.05) is 28.4 Å². The van der Waals surface area contributed by atoms with Crippen molar-refractivity contribution < 1.29 is 9.13 Å². The van der Waals surface area contributed by atoms with Gasteiger partial charge in [0.15, 0.2) is 0 Å². The zero-order valence-electron chi connectivity index (χ0n) is 20.1. The summed E-state index contributed by atoms with van der Waals surface area (Å²) in [5.41, 5.74) is 6.22. The van der Waals surface area contributed by atoms with Crippen molar-refractivity contribution >= 4 is 29.2 Å². The van der Waals surface area contributed by atoms with E-state index in [-0.39, 0.29) is 18.5 Å². The van der Waals surface area contributed by atoms with Gasteiger partial charge in [-0.25, -0.2) is 4.39 Å². The molecule has 4 aromatic rings. The number of hydrogen-bond donors (Lipinski definition) is 1. The number of fused-ring (bicyclic) bond motifs is 3. The summed E-state index contributed by atoms with van der Waals surface area (Å²) in [7, 11) is 0. The second-order valence-electron chi connectivity index (χ2n) is 9.51. The van der Waals surface area contributed by atoms with Crippen molar-refractivity contribution in [3.63, 3.8) is 0 Å².